The molecular formula is C22H17ClN2O4S. The van der Waals surface area contributed by atoms with E-state index < -0.39 is 12.6 Å². The van der Waals surface area contributed by atoms with E-state index in [9.17, 15) is 4.79 Å². The van der Waals surface area contributed by atoms with Gasteiger partial charge in [-0.3, -0.25) is 0 Å². The molecule has 0 bridgehead atoms. The van der Waals surface area contributed by atoms with Gasteiger partial charge in [0.25, 0.3) is 0 Å². The molecule has 0 spiro atoms. The first kappa shape index (κ1) is 20.0. The number of ether oxygens (including phenoxy) is 2. The maximum atomic E-state index is 10.9. The van der Waals surface area contributed by atoms with Gasteiger partial charge in [0, 0.05) is 10.9 Å². The number of carboxylic acid groups (broad SMARTS) is 1. The maximum Gasteiger partial charge on any atom is 0.341 e. The van der Waals surface area contributed by atoms with Crippen LogP contribution in [0.2, 0.25) is 5.02 Å². The Morgan fingerprint density at radius 3 is 2.67 bits per heavy atom. The molecule has 0 aliphatic heterocycles. The van der Waals surface area contributed by atoms with E-state index in [1.807, 2.05) is 54.6 Å². The summed E-state index contributed by atoms with van der Waals surface area (Å²) < 4.78 is 12.3. The number of carbonyl (C=O) groups is 1. The minimum atomic E-state index is -1.07. The largest absolute Gasteiger partial charge is 0.497 e. The lowest BCUT2D eigenvalue weighted by Gasteiger charge is -2.07. The summed E-state index contributed by atoms with van der Waals surface area (Å²) in [6, 6.07) is 20.9. The van der Waals surface area contributed by atoms with E-state index in [-0.39, 0.29) is 5.88 Å². The lowest BCUT2D eigenvalue weighted by atomic mass is 10.2. The topological polar surface area (TPSA) is 73.6 Å². The lowest BCUT2D eigenvalue weighted by molar-refractivity contribution is -0.139. The van der Waals surface area contributed by atoms with Crippen LogP contribution in [-0.2, 0) is 4.79 Å². The number of methoxy groups -OCH3 is 1. The lowest BCUT2D eigenvalue weighted by Crippen LogP contribution is -2.10. The first-order chi connectivity index (χ1) is 14.5. The van der Waals surface area contributed by atoms with Crippen LogP contribution in [0.3, 0.4) is 0 Å². The van der Waals surface area contributed by atoms with Crippen molar-refractivity contribution in [3.63, 3.8) is 0 Å². The summed E-state index contributed by atoms with van der Waals surface area (Å²) in [5, 5.41) is 13.9. The number of hydrogen-bond acceptors (Lipinski definition) is 5. The van der Waals surface area contributed by atoms with Crippen molar-refractivity contribution in [3.8, 4) is 38.3 Å². The Bertz CT molecular complexity index is 1200. The van der Waals surface area contributed by atoms with Gasteiger partial charge < -0.3 is 14.6 Å². The van der Waals surface area contributed by atoms with Crippen molar-refractivity contribution in [3.05, 3.63) is 71.8 Å². The molecule has 4 aromatic rings. The molecule has 1 N–H and O–H groups in total. The van der Waals surface area contributed by atoms with Crippen molar-refractivity contribution in [2.75, 3.05) is 13.7 Å². The van der Waals surface area contributed by atoms with Gasteiger partial charge in [0.1, 0.15) is 5.75 Å². The molecule has 2 aromatic carbocycles. The van der Waals surface area contributed by atoms with Gasteiger partial charge in [0.05, 0.1) is 28.4 Å². The molecule has 0 saturated heterocycles. The fraction of sp³-hybridized carbons (Fsp3) is 0.0909. The molecule has 4 rings (SSSR count). The van der Waals surface area contributed by atoms with Crippen LogP contribution in [0.1, 0.15) is 0 Å². The molecule has 0 fully saturated rings. The zero-order valence-corrected chi connectivity index (χ0v) is 17.5. The molecule has 2 aromatic heterocycles. The summed E-state index contributed by atoms with van der Waals surface area (Å²) in [5.74, 6) is -0.0724. The fourth-order valence-electron chi connectivity index (χ4n) is 2.96. The number of aromatic nitrogens is 2. The van der Waals surface area contributed by atoms with Gasteiger partial charge in [-0.25, -0.2) is 9.48 Å². The number of nitrogens with zero attached hydrogens (tertiary/aromatic N) is 2. The minimum absolute atomic E-state index is 0.212. The molecule has 30 heavy (non-hydrogen) atoms. The van der Waals surface area contributed by atoms with Crippen LogP contribution in [0.4, 0.5) is 0 Å². The molecule has 0 unspecified atom stereocenters. The molecule has 0 radical (unpaired) electrons. The number of hydrogen-bond donors (Lipinski definition) is 1. The second kappa shape index (κ2) is 8.61. The standard InChI is InChI=1S/C22H17ClN2O4S/c1-28-15-6-4-5-14(11-15)19-9-10-20(30-19)18-12-21(29-13-22(26)27)24-25(18)17-8-3-2-7-16(17)23/h2-12H,13H2,1H3,(H,26,27). The molecule has 6 nitrogen and oxygen atoms in total. The quantitative estimate of drug-likeness (QED) is 0.417. The van der Waals surface area contributed by atoms with E-state index in [1.54, 1.807) is 35.3 Å². The first-order valence-corrected chi connectivity index (χ1v) is 10.2. The number of rotatable bonds is 7. The second-order valence-corrected chi connectivity index (χ2v) is 7.80. The van der Waals surface area contributed by atoms with Crippen molar-refractivity contribution in [2.45, 2.75) is 0 Å². The Morgan fingerprint density at radius 1 is 1.10 bits per heavy atom. The van der Waals surface area contributed by atoms with Crippen molar-refractivity contribution in [2.24, 2.45) is 0 Å². The van der Waals surface area contributed by atoms with Crippen LogP contribution < -0.4 is 9.47 Å². The van der Waals surface area contributed by atoms with E-state index in [1.165, 1.54) is 0 Å². The van der Waals surface area contributed by atoms with Crippen LogP contribution in [-0.4, -0.2) is 34.6 Å². The van der Waals surface area contributed by atoms with E-state index in [0.717, 1.165) is 26.8 Å². The molecule has 0 saturated carbocycles. The van der Waals surface area contributed by atoms with Crippen LogP contribution in [0.15, 0.2) is 66.7 Å². The van der Waals surface area contributed by atoms with Gasteiger partial charge >= 0.3 is 5.97 Å². The summed E-state index contributed by atoms with van der Waals surface area (Å²) in [4.78, 5) is 12.9. The Hall–Kier alpha value is -3.29. The zero-order chi connectivity index (χ0) is 21.1. The second-order valence-electron chi connectivity index (χ2n) is 6.31. The van der Waals surface area contributed by atoms with E-state index in [2.05, 4.69) is 5.10 Å². The third kappa shape index (κ3) is 4.17. The number of halogens is 1. The average Bonchev–Trinajstić information content (AvgIpc) is 3.40. The maximum absolute atomic E-state index is 10.9. The Balaban J connectivity index is 1.77. The van der Waals surface area contributed by atoms with Crippen LogP contribution in [0.25, 0.3) is 26.7 Å². The summed E-state index contributed by atoms with van der Waals surface area (Å²) in [6.07, 6.45) is 0. The highest BCUT2D eigenvalue weighted by atomic mass is 35.5. The SMILES string of the molecule is COc1cccc(-c2ccc(-c3cc(OCC(=O)O)nn3-c3ccccc3Cl)s2)c1. The smallest absolute Gasteiger partial charge is 0.341 e. The van der Waals surface area contributed by atoms with Gasteiger partial charge in [0.15, 0.2) is 6.61 Å². The summed E-state index contributed by atoms with van der Waals surface area (Å²) >= 11 is 7.96. The predicted molar refractivity (Wildman–Crippen MR) is 117 cm³/mol. The van der Waals surface area contributed by atoms with Gasteiger partial charge in [-0.15, -0.1) is 16.4 Å². The van der Waals surface area contributed by atoms with Gasteiger partial charge in [-0.05, 0) is 42.0 Å². The number of aliphatic carboxylic acids is 1. The molecule has 0 atom stereocenters. The highest BCUT2D eigenvalue weighted by molar-refractivity contribution is 7.18. The average molecular weight is 441 g/mol. The number of carboxylic acids is 1. The van der Waals surface area contributed by atoms with Crippen molar-refractivity contribution >= 4 is 28.9 Å². The van der Waals surface area contributed by atoms with Crippen molar-refractivity contribution in [1.82, 2.24) is 9.78 Å². The Labute approximate surface area is 181 Å². The fourth-order valence-corrected chi connectivity index (χ4v) is 4.17. The third-order valence-corrected chi connectivity index (χ3v) is 5.80. The van der Waals surface area contributed by atoms with Crippen molar-refractivity contribution < 1.29 is 19.4 Å². The molecule has 0 aliphatic carbocycles. The number of benzene rings is 2. The van der Waals surface area contributed by atoms with E-state index >= 15 is 0 Å². The normalized spacial score (nSPS) is 10.7. The number of para-hydroxylation sites is 1. The van der Waals surface area contributed by atoms with Crippen LogP contribution >= 0.6 is 22.9 Å². The molecule has 0 aliphatic rings. The molecule has 0 amide bonds. The first-order valence-electron chi connectivity index (χ1n) is 8.99. The molecule has 152 valence electrons. The summed E-state index contributed by atoms with van der Waals surface area (Å²) in [7, 11) is 1.64. The highest BCUT2D eigenvalue weighted by Crippen LogP contribution is 2.38. The highest BCUT2D eigenvalue weighted by Gasteiger charge is 2.17. The van der Waals surface area contributed by atoms with Crippen LogP contribution in [0, 0.1) is 0 Å². The Kier molecular flexibility index (Phi) is 5.74. The molecule has 2 heterocycles. The van der Waals surface area contributed by atoms with Crippen molar-refractivity contribution in [1.29, 1.82) is 0 Å². The van der Waals surface area contributed by atoms with E-state index in [4.69, 9.17) is 26.2 Å². The van der Waals surface area contributed by atoms with Crippen LogP contribution in [0.5, 0.6) is 11.6 Å². The minimum Gasteiger partial charge on any atom is -0.497 e. The summed E-state index contributed by atoms with van der Waals surface area (Å²) in [5.41, 5.74) is 2.47. The zero-order valence-electron chi connectivity index (χ0n) is 15.9. The Morgan fingerprint density at radius 2 is 1.90 bits per heavy atom. The third-order valence-electron chi connectivity index (χ3n) is 4.32. The van der Waals surface area contributed by atoms with Gasteiger partial charge in [0.2, 0.25) is 5.88 Å². The van der Waals surface area contributed by atoms with Gasteiger partial charge in [-0.2, -0.15) is 0 Å². The number of thiophene rings is 1. The van der Waals surface area contributed by atoms with E-state index in [0.29, 0.717) is 10.7 Å². The van der Waals surface area contributed by atoms with Gasteiger partial charge in [-0.1, -0.05) is 35.9 Å². The molecule has 8 heteroatoms. The monoisotopic (exact) mass is 440 g/mol. The summed E-state index contributed by atoms with van der Waals surface area (Å²) in [6.45, 7) is -0.474. The predicted octanol–water partition coefficient (Wildman–Crippen LogP) is 5.39. The molecular weight excluding hydrogens is 424 g/mol.